The van der Waals surface area contributed by atoms with E-state index in [2.05, 4.69) is 4.98 Å². The van der Waals surface area contributed by atoms with E-state index in [0.29, 0.717) is 0 Å². The van der Waals surface area contributed by atoms with E-state index in [1.807, 2.05) is 6.07 Å². The van der Waals surface area contributed by atoms with Crippen molar-refractivity contribution < 1.29 is 0 Å². The maximum atomic E-state index is 10.7. The summed E-state index contributed by atoms with van der Waals surface area (Å²) in [7, 11) is 0. The third kappa shape index (κ3) is 2.11. The Morgan fingerprint density at radius 1 is 1.64 bits per heavy atom. The number of hydrogen-bond donors (Lipinski definition) is 1. The number of pyridine rings is 1. The van der Waals surface area contributed by atoms with E-state index >= 15 is 0 Å². The molecule has 0 aliphatic rings. The predicted molar refractivity (Wildman–Crippen MR) is 41.7 cm³/mol. The van der Waals surface area contributed by atoms with Gasteiger partial charge < -0.3 is 4.98 Å². The lowest BCUT2D eigenvalue weighted by atomic mass is 10.2. The van der Waals surface area contributed by atoms with Gasteiger partial charge in [0.2, 0.25) is 5.56 Å². The largest absolute Gasteiger partial charge is 0.329 e. The molecule has 0 saturated carbocycles. The normalized spacial score (nSPS) is 9.73. The highest BCUT2D eigenvalue weighted by atomic mass is 16.1. The zero-order chi connectivity index (χ0) is 8.10. The molecule has 3 heteroatoms. The van der Waals surface area contributed by atoms with Crippen molar-refractivity contribution in [3.8, 4) is 6.07 Å². The van der Waals surface area contributed by atoms with E-state index in [0.717, 1.165) is 5.56 Å². The van der Waals surface area contributed by atoms with Crippen LogP contribution in [0.3, 0.4) is 0 Å². The van der Waals surface area contributed by atoms with Crippen LogP contribution in [0.5, 0.6) is 0 Å². The first kappa shape index (κ1) is 7.29. The molecule has 54 valence electrons. The maximum Gasteiger partial charge on any atom is 0.248 e. The number of aromatic amines is 1. The molecule has 0 aliphatic heterocycles. The molecule has 0 saturated heterocycles. The summed E-state index contributed by atoms with van der Waals surface area (Å²) in [4.78, 5) is 13.2. The van der Waals surface area contributed by atoms with Crippen molar-refractivity contribution in [3.63, 3.8) is 0 Å². The SMILES string of the molecule is N#CC=Cc1cc[nH]c(=O)c1. The highest BCUT2D eigenvalue weighted by molar-refractivity contribution is 5.50. The van der Waals surface area contributed by atoms with Crippen LogP contribution in [-0.2, 0) is 0 Å². The van der Waals surface area contributed by atoms with Crippen LogP contribution in [0.4, 0.5) is 0 Å². The molecular weight excluding hydrogens is 140 g/mol. The lowest BCUT2D eigenvalue weighted by molar-refractivity contribution is 1.23. The van der Waals surface area contributed by atoms with Gasteiger partial charge in [0.25, 0.3) is 0 Å². The Morgan fingerprint density at radius 2 is 2.45 bits per heavy atom. The average molecular weight is 146 g/mol. The number of nitrogens with one attached hydrogen (secondary N) is 1. The van der Waals surface area contributed by atoms with Crippen LogP contribution in [0, 0.1) is 11.3 Å². The van der Waals surface area contributed by atoms with Crippen LogP contribution in [-0.4, -0.2) is 4.98 Å². The Morgan fingerprint density at radius 3 is 3.09 bits per heavy atom. The number of allylic oxidation sites excluding steroid dienone is 1. The quantitative estimate of drug-likeness (QED) is 0.598. The van der Waals surface area contributed by atoms with Gasteiger partial charge in [-0.2, -0.15) is 5.26 Å². The summed E-state index contributed by atoms with van der Waals surface area (Å²) in [6.07, 6.45) is 4.45. The molecule has 1 aromatic rings. The first-order valence-corrected chi connectivity index (χ1v) is 3.08. The van der Waals surface area contributed by atoms with Crippen molar-refractivity contribution in [1.29, 1.82) is 5.26 Å². The Kier molecular flexibility index (Phi) is 2.24. The van der Waals surface area contributed by atoms with Crippen LogP contribution in [0.2, 0.25) is 0 Å². The minimum absolute atomic E-state index is 0.162. The molecule has 0 radical (unpaired) electrons. The summed E-state index contributed by atoms with van der Waals surface area (Å²) in [5.74, 6) is 0. The van der Waals surface area contributed by atoms with Gasteiger partial charge in [0, 0.05) is 18.3 Å². The van der Waals surface area contributed by atoms with Gasteiger partial charge in [-0.25, -0.2) is 0 Å². The summed E-state index contributed by atoms with van der Waals surface area (Å²) >= 11 is 0. The third-order valence-corrected chi connectivity index (χ3v) is 1.15. The Bertz CT molecular complexity index is 357. The van der Waals surface area contributed by atoms with Gasteiger partial charge in [0.05, 0.1) is 6.07 Å². The molecule has 1 rings (SSSR count). The van der Waals surface area contributed by atoms with Crippen LogP contribution in [0.25, 0.3) is 6.08 Å². The van der Waals surface area contributed by atoms with Gasteiger partial charge in [-0.3, -0.25) is 4.79 Å². The Labute approximate surface area is 63.6 Å². The smallest absolute Gasteiger partial charge is 0.248 e. The van der Waals surface area contributed by atoms with Gasteiger partial charge in [-0.1, -0.05) is 0 Å². The van der Waals surface area contributed by atoms with Crippen LogP contribution in [0.15, 0.2) is 29.2 Å². The molecule has 0 unspecified atom stereocenters. The van der Waals surface area contributed by atoms with E-state index in [1.165, 1.54) is 12.1 Å². The van der Waals surface area contributed by atoms with Crippen LogP contribution >= 0.6 is 0 Å². The fraction of sp³-hybridized carbons (Fsp3) is 0. The molecule has 0 aromatic carbocycles. The van der Waals surface area contributed by atoms with Crippen LogP contribution in [0.1, 0.15) is 5.56 Å². The maximum absolute atomic E-state index is 10.7. The van der Waals surface area contributed by atoms with Crippen molar-refractivity contribution >= 4 is 6.08 Å². The Hall–Kier alpha value is -1.82. The highest BCUT2D eigenvalue weighted by Gasteiger charge is 1.85. The monoisotopic (exact) mass is 146 g/mol. The van der Waals surface area contributed by atoms with E-state index in [9.17, 15) is 4.79 Å². The zero-order valence-corrected chi connectivity index (χ0v) is 5.74. The van der Waals surface area contributed by atoms with E-state index < -0.39 is 0 Å². The molecular formula is C8H6N2O. The second-order valence-corrected chi connectivity index (χ2v) is 1.95. The molecule has 0 spiro atoms. The van der Waals surface area contributed by atoms with Crippen LogP contribution < -0.4 is 5.56 Å². The molecule has 0 aliphatic carbocycles. The number of nitrogens with zero attached hydrogens (tertiary/aromatic N) is 1. The first-order valence-electron chi connectivity index (χ1n) is 3.08. The fourth-order valence-electron chi connectivity index (χ4n) is 0.698. The number of nitriles is 1. The van der Waals surface area contributed by atoms with E-state index in [4.69, 9.17) is 5.26 Å². The summed E-state index contributed by atoms with van der Waals surface area (Å²) in [5.41, 5.74) is 0.570. The van der Waals surface area contributed by atoms with Crippen molar-refractivity contribution in [1.82, 2.24) is 4.98 Å². The fourth-order valence-corrected chi connectivity index (χ4v) is 0.698. The second-order valence-electron chi connectivity index (χ2n) is 1.95. The molecule has 0 amide bonds. The number of hydrogen-bond acceptors (Lipinski definition) is 2. The Balaban J connectivity index is 2.99. The van der Waals surface area contributed by atoms with Crippen molar-refractivity contribution in [2.24, 2.45) is 0 Å². The summed E-state index contributed by atoms with van der Waals surface area (Å²) in [5, 5.41) is 8.17. The molecule has 1 N–H and O–H groups in total. The summed E-state index contributed by atoms with van der Waals surface area (Å²) in [6, 6.07) is 4.98. The average Bonchev–Trinajstić information content (AvgIpc) is 2.01. The molecule has 0 atom stereocenters. The second kappa shape index (κ2) is 3.37. The lowest BCUT2D eigenvalue weighted by Gasteiger charge is -1.86. The standard InChI is InChI=1S/C8H6N2O/c9-4-1-2-7-3-5-10-8(11)6-7/h1-3,5-6H,(H,10,11). The topological polar surface area (TPSA) is 56.6 Å². The highest BCUT2D eigenvalue weighted by Crippen LogP contribution is 1.94. The zero-order valence-electron chi connectivity index (χ0n) is 5.74. The molecule has 1 heterocycles. The van der Waals surface area contributed by atoms with Gasteiger partial charge in [0.15, 0.2) is 0 Å². The van der Waals surface area contributed by atoms with E-state index in [1.54, 1.807) is 18.3 Å². The van der Waals surface area contributed by atoms with Crippen molar-refractivity contribution in [2.75, 3.05) is 0 Å². The number of H-pyrrole nitrogens is 1. The lowest BCUT2D eigenvalue weighted by Crippen LogP contribution is -2.01. The first-order chi connectivity index (χ1) is 5.33. The minimum Gasteiger partial charge on any atom is -0.329 e. The van der Waals surface area contributed by atoms with Crippen molar-refractivity contribution in [2.45, 2.75) is 0 Å². The van der Waals surface area contributed by atoms with E-state index in [-0.39, 0.29) is 5.56 Å². The molecule has 3 nitrogen and oxygen atoms in total. The van der Waals surface area contributed by atoms with Gasteiger partial charge in [-0.15, -0.1) is 0 Å². The van der Waals surface area contributed by atoms with Gasteiger partial charge in [0.1, 0.15) is 0 Å². The van der Waals surface area contributed by atoms with Gasteiger partial charge >= 0.3 is 0 Å². The molecule has 1 aromatic heterocycles. The minimum atomic E-state index is -0.162. The summed E-state index contributed by atoms with van der Waals surface area (Å²) in [6.45, 7) is 0. The number of aromatic nitrogens is 1. The molecule has 0 bridgehead atoms. The summed E-state index contributed by atoms with van der Waals surface area (Å²) < 4.78 is 0. The molecule has 11 heavy (non-hydrogen) atoms. The molecule has 0 fully saturated rings. The predicted octanol–water partition coefficient (Wildman–Crippen LogP) is 0.912. The van der Waals surface area contributed by atoms with Crippen molar-refractivity contribution in [3.05, 3.63) is 40.3 Å². The third-order valence-electron chi connectivity index (χ3n) is 1.15. The van der Waals surface area contributed by atoms with Gasteiger partial charge in [-0.05, 0) is 17.7 Å². The number of rotatable bonds is 1.